The van der Waals surface area contributed by atoms with Gasteiger partial charge in [-0.05, 0) is 43.7 Å². The first-order valence-electron chi connectivity index (χ1n) is 5.47. The number of nitrogens with zero attached hydrogens (tertiary/aromatic N) is 1. The molecule has 0 amide bonds. The summed E-state index contributed by atoms with van der Waals surface area (Å²) < 4.78 is 6.64. The van der Waals surface area contributed by atoms with Gasteiger partial charge in [-0.3, -0.25) is 4.79 Å². The van der Waals surface area contributed by atoms with E-state index < -0.39 is 0 Å². The van der Waals surface area contributed by atoms with E-state index >= 15 is 0 Å². The maximum atomic E-state index is 11.1. The first-order valence-corrected chi connectivity index (χ1v) is 6.26. The Balaban J connectivity index is 2.18. The van der Waals surface area contributed by atoms with Gasteiger partial charge in [0.2, 0.25) is 5.88 Å². The Bertz CT molecular complexity index is 579. The van der Waals surface area contributed by atoms with Crippen molar-refractivity contribution in [1.82, 2.24) is 4.98 Å². The number of carbonyl (C=O) groups is 1. The number of carbonyl (C=O) groups excluding carboxylic acids is 1. The maximum Gasteiger partial charge on any atom is 0.219 e. The van der Waals surface area contributed by atoms with Crippen molar-refractivity contribution in [3.8, 4) is 11.6 Å². The molecule has 0 unspecified atom stereocenters. The minimum absolute atomic E-state index is 0.00599. The molecule has 1 aromatic heterocycles. The zero-order chi connectivity index (χ0) is 13.1. The first-order chi connectivity index (χ1) is 8.56. The van der Waals surface area contributed by atoms with Gasteiger partial charge >= 0.3 is 0 Å². The molecule has 2 aromatic rings. The molecule has 0 aliphatic heterocycles. The SMILES string of the molecule is CC(=O)c1ccc(Oc2ccc(Br)c(C)c2)nc1. The maximum absolute atomic E-state index is 11.1. The van der Waals surface area contributed by atoms with Crippen LogP contribution in [0.3, 0.4) is 0 Å². The molecule has 92 valence electrons. The Morgan fingerprint density at radius 1 is 1.28 bits per heavy atom. The van der Waals surface area contributed by atoms with Crippen LogP contribution >= 0.6 is 15.9 Å². The van der Waals surface area contributed by atoms with Crippen LogP contribution in [0.2, 0.25) is 0 Å². The molecule has 0 aliphatic carbocycles. The van der Waals surface area contributed by atoms with Crippen molar-refractivity contribution in [2.75, 3.05) is 0 Å². The van der Waals surface area contributed by atoms with E-state index in [4.69, 9.17) is 4.74 Å². The van der Waals surface area contributed by atoms with Crippen LogP contribution in [0.15, 0.2) is 41.0 Å². The van der Waals surface area contributed by atoms with Crippen LogP contribution in [-0.2, 0) is 0 Å². The quantitative estimate of drug-likeness (QED) is 0.800. The highest BCUT2D eigenvalue weighted by Crippen LogP contribution is 2.25. The van der Waals surface area contributed by atoms with E-state index in [9.17, 15) is 4.79 Å². The zero-order valence-corrected chi connectivity index (χ0v) is 11.7. The summed E-state index contributed by atoms with van der Waals surface area (Å²) in [4.78, 5) is 15.2. The van der Waals surface area contributed by atoms with Crippen molar-refractivity contribution < 1.29 is 9.53 Å². The van der Waals surface area contributed by atoms with Gasteiger partial charge in [-0.15, -0.1) is 0 Å². The lowest BCUT2D eigenvalue weighted by Gasteiger charge is -2.06. The number of aromatic nitrogens is 1. The number of halogens is 1. The fourth-order valence-corrected chi connectivity index (χ4v) is 1.70. The molecular weight excluding hydrogens is 294 g/mol. The standard InChI is InChI=1S/C14H12BrNO2/c1-9-7-12(4-5-13(9)15)18-14-6-3-11(8-16-14)10(2)17/h3-8H,1-2H3. The van der Waals surface area contributed by atoms with Gasteiger partial charge in [-0.25, -0.2) is 4.98 Å². The van der Waals surface area contributed by atoms with Gasteiger partial charge in [-0.2, -0.15) is 0 Å². The number of pyridine rings is 1. The summed E-state index contributed by atoms with van der Waals surface area (Å²) in [6.07, 6.45) is 1.52. The van der Waals surface area contributed by atoms with Crippen molar-refractivity contribution in [3.05, 3.63) is 52.1 Å². The summed E-state index contributed by atoms with van der Waals surface area (Å²) in [6, 6.07) is 9.10. The number of ether oxygens (including phenoxy) is 1. The minimum atomic E-state index is -0.00599. The number of hydrogen-bond acceptors (Lipinski definition) is 3. The highest BCUT2D eigenvalue weighted by atomic mass is 79.9. The molecule has 18 heavy (non-hydrogen) atoms. The number of rotatable bonds is 3. The summed E-state index contributed by atoms with van der Waals surface area (Å²) in [5.41, 5.74) is 1.67. The molecule has 0 N–H and O–H groups in total. The predicted octanol–water partition coefficient (Wildman–Crippen LogP) is 4.15. The molecule has 1 aromatic carbocycles. The summed E-state index contributed by atoms with van der Waals surface area (Å²) in [7, 11) is 0. The molecule has 0 aliphatic rings. The molecule has 0 saturated heterocycles. The molecule has 4 heteroatoms. The lowest BCUT2D eigenvalue weighted by molar-refractivity contribution is 0.101. The van der Waals surface area contributed by atoms with E-state index in [2.05, 4.69) is 20.9 Å². The van der Waals surface area contributed by atoms with E-state index in [1.807, 2.05) is 25.1 Å². The molecule has 0 bridgehead atoms. The number of benzene rings is 1. The Morgan fingerprint density at radius 3 is 2.61 bits per heavy atom. The van der Waals surface area contributed by atoms with Gasteiger partial charge in [0.1, 0.15) is 5.75 Å². The van der Waals surface area contributed by atoms with Gasteiger partial charge in [-0.1, -0.05) is 15.9 Å². The highest BCUT2D eigenvalue weighted by molar-refractivity contribution is 9.10. The number of hydrogen-bond donors (Lipinski definition) is 0. The largest absolute Gasteiger partial charge is 0.439 e. The average molecular weight is 306 g/mol. The van der Waals surface area contributed by atoms with Gasteiger partial charge in [0.25, 0.3) is 0 Å². The van der Waals surface area contributed by atoms with Crippen LogP contribution in [0, 0.1) is 6.92 Å². The summed E-state index contributed by atoms with van der Waals surface area (Å²) in [5.74, 6) is 1.19. The smallest absolute Gasteiger partial charge is 0.219 e. The molecular formula is C14H12BrNO2. The van der Waals surface area contributed by atoms with E-state index in [0.29, 0.717) is 11.4 Å². The molecule has 1 heterocycles. The Kier molecular flexibility index (Phi) is 3.77. The monoisotopic (exact) mass is 305 g/mol. The van der Waals surface area contributed by atoms with Crippen molar-refractivity contribution in [2.24, 2.45) is 0 Å². The van der Waals surface area contributed by atoms with Crippen molar-refractivity contribution in [2.45, 2.75) is 13.8 Å². The van der Waals surface area contributed by atoms with Gasteiger partial charge < -0.3 is 4.74 Å². The third kappa shape index (κ3) is 2.96. The van der Waals surface area contributed by atoms with Crippen LogP contribution in [0.4, 0.5) is 0 Å². The second-order valence-corrected chi connectivity index (χ2v) is 4.81. The third-order valence-electron chi connectivity index (χ3n) is 2.49. The summed E-state index contributed by atoms with van der Waals surface area (Å²) in [5, 5.41) is 0. The van der Waals surface area contributed by atoms with Gasteiger partial charge in [0.15, 0.2) is 5.78 Å². The summed E-state index contributed by atoms with van der Waals surface area (Å²) >= 11 is 3.43. The molecule has 0 saturated carbocycles. The minimum Gasteiger partial charge on any atom is -0.439 e. The van der Waals surface area contributed by atoms with Crippen LogP contribution in [0.1, 0.15) is 22.8 Å². The van der Waals surface area contributed by atoms with Crippen LogP contribution in [0.25, 0.3) is 0 Å². The van der Waals surface area contributed by atoms with E-state index in [0.717, 1.165) is 15.8 Å². The first kappa shape index (κ1) is 12.8. The van der Waals surface area contributed by atoms with E-state index in [1.165, 1.54) is 13.1 Å². The third-order valence-corrected chi connectivity index (χ3v) is 3.38. The molecule has 3 nitrogen and oxygen atoms in total. The Labute approximate surface area is 114 Å². The predicted molar refractivity (Wildman–Crippen MR) is 73.2 cm³/mol. The Morgan fingerprint density at radius 2 is 2.06 bits per heavy atom. The molecule has 0 atom stereocenters. The van der Waals surface area contributed by atoms with Crippen molar-refractivity contribution in [1.29, 1.82) is 0 Å². The second kappa shape index (κ2) is 5.31. The molecule has 0 radical (unpaired) electrons. The van der Waals surface area contributed by atoms with Crippen LogP contribution in [-0.4, -0.2) is 10.8 Å². The number of Topliss-reactive ketones (excluding diaryl/α,β-unsaturated/α-hetero) is 1. The van der Waals surface area contributed by atoms with Crippen molar-refractivity contribution in [3.63, 3.8) is 0 Å². The summed E-state index contributed by atoms with van der Waals surface area (Å²) in [6.45, 7) is 3.50. The van der Waals surface area contributed by atoms with Crippen molar-refractivity contribution >= 4 is 21.7 Å². The molecule has 0 fully saturated rings. The molecule has 2 rings (SSSR count). The highest BCUT2D eigenvalue weighted by Gasteiger charge is 2.03. The lowest BCUT2D eigenvalue weighted by atomic mass is 10.2. The number of aryl methyl sites for hydroxylation is 1. The van der Waals surface area contributed by atoms with E-state index in [-0.39, 0.29) is 5.78 Å². The van der Waals surface area contributed by atoms with Gasteiger partial charge in [0, 0.05) is 22.3 Å². The van der Waals surface area contributed by atoms with E-state index in [1.54, 1.807) is 12.1 Å². The fourth-order valence-electron chi connectivity index (χ4n) is 1.45. The zero-order valence-electron chi connectivity index (χ0n) is 10.1. The van der Waals surface area contributed by atoms with Gasteiger partial charge in [0.05, 0.1) is 0 Å². The van der Waals surface area contributed by atoms with Crippen LogP contribution < -0.4 is 4.74 Å². The topological polar surface area (TPSA) is 39.2 Å². The average Bonchev–Trinajstić information content (AvgIpc) is 2.34. The van der Waals surface area contributed by atoms with Crippen LogP contribution in [0.5, 0.6) is 11.6 Å². The number of ketones is 1. The normalized spacial score (nSPS) is 10.2. The fraction of sp³-hybridized carbons (Fsp3) is 0.143. The lowest BCUT2D eigenvalue weighted by Crippen LogP contribution is -1.94. The second-order valence-electron chi connectivity index (χ2n) is 3.95. The Hall–Kier alpha value is -1.68. The molecule has 0 spiro atoms.